The average Bonchev–Trinajstić information content (AvgIpc) is 2.93. The molecule has 21 heavy (non-hydrogen) atoms. The Kier molecular flexibility index (Phi) is 4.30. The molecule has 2 aromatic rings. The van der Waals surface area contributed by atoms with Crippen molar-refractivity contribution in [2.75, 3.05) is 12.9 Å². The van der Waals surface area contributed by atoms with Crippen molar-refractivity contribution in [3.05, 3.63) is 22.7 Å². The summed E-state index contributed by atoms with van der Waals surface area (Å²) in [7, 11) is 1.44. The second kappa shape index (κ2) is 6.19. The number of nitrogens with zero attached hydrogens (tertiary/aromatic N) is 2. The van der Waals surface area contributed by atoms with Crippen molar-refractivity contribution in [3.63, 3.8) is 0 Å². The largest absolute Gasteiger partial charge is 0.469 e. The van der Waals surface area contributed by atoms with Crippen LogP contribution in [0.1, 0.15) is 25.1 Å². The molecular formula is C14H16N2O3S2. The predicted octanol–water partition coefficient (Wildman–Crippen LogP) is 3.37. The van der Waals surface area contributed by atoms with Gasteiger partial charge in [-0.15, -0.1) is 0 Å². The summed E-state index contributed by atoms with van der Waals surface area (Å²) in [5, 5.41) is 7.97. The Bertz CT molecular complexity index is 606. The van der Waals surface area contributed by atoms with Gasteiger partial charge in [0.05, 0.1) is 24.8 Å². The van der Waals surface area contributed by atoms with Gasteiger partial charge in [0.2, 0.25) is 0 Å². The van der Waals surface area contributed by atoms with Crippen LogP contribution in [0.25, 0.3) is 11.5 Å². The van der Waals surface area contributed by atoms with Gasteiger partial charge in [-0.2, -0.15) is 28.1 Å². The molecule has 0 N–H and O–H groups in total. The van der Waals surface area contributed by atoms with Gasteiger partial charge in [-0.05, 0) is 35.5 Å². The van der Waals surface area contributed by atoms with E-state index in [-0.39, 0.29) is 11.4 Å². The second-order valence-electron chi connectivity index (χ2n) is 5.27. The molecule has 0 spiro atoms. The molecule has 0 saturated heterocycles. The minimum atomic E-state index is -0.118. The molecule has 7 heteroatoms. The van der Waals surface area contributed by atoms with Crippen LogP contribution >= 0.6 is 23.1 Å². The van der Waals surface area contributed by atoms with Crippen LogP contribution in [0.2, 0.25) is 0 Å². The van der Waals surface area contributed by atoms with Crippen molar-refractivity contribution >= 4 is 29.1 Å². The maximum Gasteiger partial charge on any atom is 0.306 e. The Balaban J connectivity index is 1.49. The van der Waals surface area contributed by atoms with Crippen LogP contribution in [0.5, 0.6) is 0 Å². The quantitative estimate of drug-likeness (QED) is 0.728. The minimum absolute atomic E-state index is 0.118. The van der Waals surface area contributed by atoms with Crippen molar-refractivity contribution in [1.82, 2.24) is 10.1 Å². The summed E-state index contributed by atoms with van der Waals surface area (Å²) in [6.45, 7) is 0. The molecule has 1 aliphatic rings. The number of carbonyl (C=O) groups is 1. The molecule has 112 valence electrons. The van der Waals surface area contributed by atoms with Crippen LogP contribution in [0.3, 0.4) is 0 Å². The Morgan fingerprint density at radius 1 is 1.57 bits per heavy atom. The number of hydrogen-bond donors (Lipinski definition) is 0. The Morgan fingerprint density at radius 2 is 2.43 bits per heavy atom. The standard InChI is InChI=1S/C14H16N2O3S2/c1-18-12(17)6-14(3-4-14)9-21-8-11-15-13(19-16-11)10-2-5-20-7-10/h2,5,7H,3-4,6,8-9H2,1H3. The van der Waals surface area contributed by atoms with Gasteiger partial charge in [0.1, 0.15) is 0 Å². The lowest BCUT2D eigenvalue weighted by Crippen LogP contribution is -2.13. The first kappa shape index (κ1) is 14.6. The molecule has 0 aliphatic heterocycles. The SMILES string of the molecule is COC(=O)CC1(CSCc2noc(-c3ccsc3)n2)CC1. The maximum absolute atomic E-state index is 11.4. The third-order valence-corrected chi connectivity index (χ3v) is 5.54. The van der Waals surface area contributed by atoms with Crippen molar-refractivity contribution in [1.29, 1.82) is 0 Å². The summed E-state index contributed by atoms with van der Waals surface area (Å²) in [4.78, 5) is 15.8. The predicted molar refractivity (Wildman–Crippen MR) is 82.1 cm³/mol. The van der Waals surface area contributed by atoms with Gasteiger partial charge in [-0.25, -0.2) is 0 Å². The summed E-state index contributed by atoms with van der Waals surface area (Å²) in [5.41, 5.74) is 1.10. The topological polar surface area (TPSA) is 65.2 Å². The molecule has 0 atom stereocenters. The molecule has 0 radical (unpaired) electrons. The van der Waals surface area contributed by atoms with E-state index in [1.807, 2.05) is 16.8 Å². The molecule has 1 fully saturated rings. The molecule has 0 aromatic carbocycles. The lowest BCUT2D eigenvalue weighted by atomic mass is 10.1. The average molecular weight is 324 g/mol. The number of thiophene rings is 1. The summed E-state index contributed by atoms with van der Waals surface area (Å²) in [6.07, 6.45) is 2.71. The monoisotopic (exact) mass is 324 g/mol. The summed E-state index contributed by atoms with van der Waals surface area (Å²) in [5.74, 6) is 2.80. The molecule has 0 unspecified atom stereocenters. The van der Waals surface area contributed by atoms with E-state index in [1.165, 1.54) is 7.11 Å². The molecule has 3 rings (SSSR count). The lowest BCUT2D eigenvalue weighted by Gasteiger charge is -2.11. The number of methoxy groups -OCH3 is 1. The van der Waals surface area contributed by atoms with Crippen molar-refractivity contribution in [3.8, 4) is 11.5 Å². The fourth-order valence-corrected chi connectivity index (χ4v) is 3.96. The number of thioether (sulfide) groups is 1. The highest BCUT2D eigenvalue weighted by Gasteiger charge is 2.44. The van der Waals surface area contributed by atoms with Crippen LogP contribution < -0.4 is 0 Å². The number of hydrogen-bond acceptors (Lipinski definition) is 7. The maximum atomic E-state index is 11.4. The van der Waals surface area contributed by atoms with Gasteiger partial charge in [0, 0.05) is 5.38 Å². The van der Waals surface area contributed by atoms with E-state index < -0.39 is 0 Å². The normalized spacial score (nSPS) is 15.9. The van der Waals surface area contributed by atoms with Crippen LogP contribution in [0.4, 0.5) is 0 Å². The van der Waals surface area contributed by atoms with Crippen LogP contribution in [0, 0.1) is 5.41 Å². The molecule has 2 heterocycles. The van der Waals surface area contributed by atoms with E-state index in [1.54, 1.807) is 23.1 Å². The van der Waals surface area contributed by atoms with Crippen molar-refractivity contribution < 1.29 is 14.1 Å². The Morgan fingerprint density at radius 3 is 3.10 bits per heavy atom. The zero-order chi connectivity index (χ0) is 14.7. The van der Waals surface area contributed by atoms with E-state index in [0.717, 1.165) is 24.2 Å². The molecular weight excluding hydrogens is 308 g/mol. The number of esters is 1. The first-order valence-electron chi connectivity index (χ1n) is 6.70. The van der Waals surface area contributed by atoms with Gasteiger partial charge in [0.15, 0.2) is 5.82 Å². The molecule has 2 aromatic heterocycles. The Hall–Kier alpha value is -1.34. The highest BCUT2D eigenvalue weighted by molar-refractivity contribution is 7.98. The van der Waals surface area contributed by atoms with Crippen LogP contribution in [0.15, 0.2) is 21.3 Å². The van der Waals surface area contributed by atoms with E-state index in [4.69, 9.17) is 9.26 Å². The fraction of sp³-hybridized carbons (Fsp3) is 0.500. The zero-order valence-electron chi connectivity index (χ0n) is 11.7. The first-order chi connectivity index (χ1) is 10.2. The van der Waals surface area contributed by atoms with Crippen LogP contribution in [-0.4, -0.2) is 29.0 Å². The molecule has 0 bridgehead atoms. The van der Waals surface area contributed by atoms with Gasteiger partial charge >= 0.3 is 5.97 Å². The van der Waals surface area contributed by atoms with Gasteiger partial charge < -0.3 is 9.26 Å². The smallest absolute Gasteiger partial charge is 0.306 e. The number of ether oxygens (including phenoxy) is 1. The highest BCUT2D eigenvalue weighted by Crippen LogP contribution is 2.51. The van der Waals surface area contributed by atoms with Gasteiger partial charge in [-0.3, -0.25) is 4.79 Å². The highest BCUT2D eigenvalue weighted by atomic mass is 32.2. The third kappa shape index (κ3) is 3.65. The summed E-state index contributed by atoms with van der Waals surface area (Å²) in [6, 6.07) is 1.96. The molecule has 5 nitrogen and oxygen atoms in total. The van der Waals surface area contributed by atoms with Crippen molar-refractivity contribution in [2.24, 2.45) is 5.41 Å². The Labute approximate surface area is 131 Å². The van der Waals surface area contributed by atoms with Crippen LogP contribution in [-0.2, 0) is 15.3 Å². The van der Waals surface area contributed by atoms with Crippen molar-refractivity contribution in [2.45, 2.75) is 25.0 Å². The van der Waals surface area contributed by atoms with Gasteiger partial charge in [-0.1, -0.05) is 5.16 Å². The molecule has 1 aliphatic carbocycles. The zero-order valence-corrected chi connectivity index (χ0v) is 13.3. The number of rotatable bonds is 7. The third-order valence-electron chi connectivity index (χ3n) is 3.58. The van der Waals surface area contributed by atoms with Gasteiger partial charge in [0.25, 0.3) is 5.89 Å². The first-order valence-corrected chi connectivity index (χ1v) is 8.80. The summed E-state index contributed by atoms with van der Waals surface area (Å²) < 4.78 is 10.00. The van der Waals surface area contributed by atoms with E-state index in [0.29, 0.717) is 23.9 Å². The second-order valence-corrected chi connectivity index (χ2v) is 7.04. The van der Waals surface area contributed by atoms with E-state index in [2.05, 4.69) is 10.1 Å². The number of aromatic nitrogens is 2. The number of carbonyl (C=O) groups excluding carboxylic acids is 1. The minimum Gasteiger partial charge on any atom is -0.469 e. The fourth-order valence-electron chi connectivity index (χ4n) is 2.10. The summed E-state index contributed by atoms with van der Waals surface area (Å²) >= 11 is 3.35. The molecule has 1 saturated carbocycles. The van der Waals surface area contributed by atoms with E-state index in [9.17, 15) is 4.79 Å². The van der Waals surface area contributed by atoms with E-state index >= 15 is 0 Å². The lowest BCUT2D eigenvalue weighted by molar-refractivity contribution is -0.141. The molecule has 0 amide bonds.